The molecule has 2 fully saturated rings. The van der Waals surface area contributed by atoms with Crippen LogP contribution in [0.15, 0.2) is 18.2 Å². The van der Waals surface area contributed by atoms with Crippen molar-refractivity contribution in [3.8, 4) is 0 Å². The number of imidazole rings is 1. The molecule has 0 unspecified atom stereocenters. The first kappa shape index (κ1) is 15.5. The summed E-state index contributed by atoms with van der Waals surface area (Å²) >= 11 is 6.05. The molecule has 4 rings (SSSR count). The molecular weight excluding hydrogens is 308 g/mol. The predicted octanol–water partition coefficient (Wildman–Crippen LogP) is 4.99. The minimum Gasteiger partial charge on any atom is -0.381 e. The highest BCUT2D eigenvalue weighted by Gasteiger charge is 2.29. The van der Waals surface area contributed by atoms with Gasteiger partial charge in [-0.25, -0.2) is 4.98 Å². The number of hydrogen-bond acceptors (Lipinski definition) is 2. The Labute approximate surface area is 142 Å². The fourth-order valence-corrected chi connectivity index (χ4v) is 4.63. The smallest absolute Gasteiger partial charge is 0.107 e. The number of halogens is 1. The molecular formula is C19H25ClN2O. The number of H-pyrrole nitrogens is 1. The van der Waals surface area contributed by atoms with Crippen molar-refractivity contribution in [3.05, 3.63) is 29.0 Å². The number of ether oxygens (including phenoxy) is 1. The standard InChI is InChI=1S/C19H25ClN2O/c20-16-5-6-17-18(12-16)22-19(21-17)11-13-1-3-14(4-2-13)15-7-9-23-10-8-15/h5-6,12-15H,1-4,7-11H2,(H,21,22). The van der Waals surface area contributed by atoms with Crippen LogP contribution in [0.2, 0.25) is 5.02 Å². The molecule has 23 heavy (non-hydrogen) atoms. The second kappa shape index (κ2) is 6.82. The van der Waals surface area contributed by atoms with Crippen molar-refractivity contribution in [2.45, 2.75) is 44.9 Å². The van der Waals surface area contributed by atoms with Gasteiger partial charge in [-0.05, 0) is 74.5 Å². The van der Waals surface area contributed by atoms with Crippen molar-refractivity contribution in [3.63, 3.8) is 0 Å². The molecule has 0 spiro atoms. The topological polar surface area (TPSA) is 37.9 Å². The van der Waals surface area contributed by atoms with E-state index in [4.69, 9.17) is 21.3 Å². The number of rotatable bonds is 3. The third kappa shape index (κ3) is 3.56. The Morgan fingerprint density at radius 3 is 2.57 bits per heavy atom. The summed E-state index contributed by atoms with van der Waals surface area (Å²) in [4.78, 5) is 8.17. The Hall–Kier alpha value is -1.06. The maximum Gasteiger partial charge on any atom is 0.107 e. The average Bonchev–Trinajstić information content (AvgIpc) is 2.97. The van der Waals surface area contributed by atoms with E-state index in [1.807, 2.05) is 18.2 Å². The van der Waals surface area contributed by atoms with Crippen LogP contribution in [-0.2, 0) is 11.2 Å². The number of hydrogen-bond donors (Lipinski definition) is 1. The molecule has 1 aromatic heterocycles. The first-order valence-corrected chi connectivity index (χ1v) is 9.37. The zero-order valence-corrected chi connectivity index (χ0v) is 14.3. The summed E-state index contributed by atoms with van der Waals surface area (Å²) in [7, 11) is 0. The normalized spacial score (nSPS) is 26.7. The minimum atomic E-state index is 0.768. The Kier molecular flexibility index (Phi) is 4.59. The molecule has 2 aromatic rings. The molecule has 2 heterocycles. The largest absolute Gasteiger partial charge is 0.381 e. The molecule has 1 saturated carbocycles. The monoisotopic (exact) mass is 332 g/mol. The second-order valence-electron chi connectivity index (χ2n) is 7.28. The van der Waals surface area contributed by atoms with Gasteiger partial charge in [0.15, 0.2) is 0 Å². The lowest BCUT2D eigenvalue weighted by molar-refractivity contribution is 0.0353. The van der Waals surface area contributed by atoms with Crippen LogP contribution in [0.3, 0.4) is 0 Å². The zero-order valence-electron chi connectivity index (χ0n) is 13.6. The van der Waals surface area contributed by atoms with Crippen LogP contribution in [0.4, 0.5) is 0 Å². The van der Waals surface area contributed by atoms with Crippen LogP contribution in [0, 0.1) is 17.8 Å². The number of benzene rings is 1. The van der Waals surface area contributed by atoms with Crippen LogP contribution >= 0.6 is 11.6 Å². The third-order valence-corrected chi connectivity index (χ3v) is 6.03. The van der Waals surface area contributed by atoms with Crippen molar-refractivity contribution in [2.24, 2.45) is 17.8 Å². The van der Waals surface area contributed by atoms with E-state index in [0.29, 0.717) is 0 Å². The van der Waals surface area contributed by atoms with E-state index in [-0.39, 0.29) is 0 Å². The van der Waals surface area contributed by atoms with Crippen LogP contribution in [-0.4, -0.2) is 23.2 Å². The summed E-state index contributed by atoms with van der Waals surface area (Å²) in [6.07, 6.45) is 9.11. The molecule has 1 aromatic carbocycles. The lowest BCUT2D eigenvalue weighted by Crippen LogP contribution is -2.27. The lowest BCUT2D eigenvalue weighted by atomic mass is 9.72. The molecule has 0 atom stereocenters. The van der Waals surface area contributed by atoms with Gasteiger partial charge < -0.3 is 9.72 Å². The summed E-state index contributed by atoms with van der Waals surface area (Å²) < 4.78 is 5.51. The average molecular weight is 333 g/mol. The lowest BCUT2D eigenvalue weighted by Gasteiger charge is -2.35. The maximum atomic E-state index is 6.05. The Morgan fingerprint density at radius 2 is 1.78 bits per heavy atom. The summed E-state index contributed by atoms with van der Waals surface area (Å²) in [5.74, 6) is 3.75. The first-order valence-electron chi connectivity index (χ1n) is 9.00. The van der Waals surface area contributed by atoms with E-state index < -0.39 is 0 Å². The van der Waals surface area contributed by atoms with Gasteiger partial charge in [0.05, 0.1) is 11.0 Å². The molecule has 4 heteroatoms. The second-order valence-corrected chi connectivity index (χ2v) is 7.72. The minimum absolute atomic E-state index is 0.768. The SMILES string of the molecule is Clc1ccc2nc(CC3CCC(C4CCOCC4)CC3)[nH]c2c1. The zero-order chi connectivity index (χ0) is 15.6. The Bertz CT molecular complexity index is 654. The van der Waals surface area contributed by atoms with Crippen molar-refractivity contribution in [2.75, 3.05) is 13.2 Å². The molecule has 2 aliphatic rings. The highest BCUT2D eigenvalue weighted by atomic mass is 35.5. The van der Waals surface area contributed by atoms with Gasteiger partial charge in [0.1, 0.15) is 5.82 Å². The number of nitrogens with zero attached hydrogens (tertiary/aromatic N) is 1. The molecule has 0 radical (unpaired) electrons. The highest BCUT2D eigenvalue weighted by molar-refractivity contribution is 6.31. The van der Waals surface area contributed by atoms with Crippen molar-refractivity contribution in [1.29, 1.82) is 0 Å². The number of aromatic nitrogens is 2. The van der Waals surface area contributed by atoms with E-state index in [1.165, 1.54) is 38.5 Å². The molecule has 1 aliphatic heterocycles. The van der Waals surface area contributed by atoms with E-state index in [1.54, 1.807) is 0 Å². The van der Waals surface area contributed by atoms with Crippen LogP contribution in [0.1, 0.15) is 44.3 Å². The van der Waals surface area contributed by atoms with Crippen molar-refractivity contribution >= 4 is 22.6 Å². The first-order chi connectivity index (χ1) is 11.3. The molecule has 1 N–H and O–H groups in total. The van der Waals surface area contributed by atoms with Crippen molar-refractivity contribution < 1.29 is 4.74 Å². The van der Waals surface area contributed by atoms with Crippen LogP contribution in [0.5, 0.6) is 0 Å². The molecule has 3 nitrogen and oxygen atoms in total. The number of aromatic amines is 1. The molecule has 0 bridgehead atoms. The number of fused-ring (bicyclic) bond motifs is 1. The predicted molar refractivity (Wildman–Crippen MR) is 93.8 cm³/mol. The van der Waals surface area contributed by atoms with E-state index >= 15 is 0 Å². The van der Waals surface area contributed by atoms with Gasteiger partial charge >= 0.3 is 0 Å². The van der Waals surface area contributed by atoms with Gasteiger partial charge in [-0.3, -0.25) is 0 Å². The van der Waals surface area contributed by atoms with Crippen molar-refractivity contribution in [1.82, 2.24) is 9.97 Å². The van der Waals surface area contributed by atoms with Gasteiger partial charge in [-0.2, -0.15) is 0 Å². The summed E-state index contributed by atoms with van der Waals surface area (Å²) in [6.45, 7) is 1.96. The highest BCUT2D eigenvalue weighted by Crippen LogP contribution is 2.38. The van der Waals surface area contributed by atoms with Crippen LogP contribution < -0.4 is 0 Å². The van der Waals surface area contributed by atoms with Gasteiger partial charge in [0, 0.05) is 24.7 Å². The van der Waals surface area contributed by atoms with E-state index in [9.17, 15) is 0 Å². The molecule has 0 amide bonds. The molecule has 124 valence electrons. The summed E-state index contributed by atoms with van der Waals surface area (Å²) in [6, 6.07) is 5.88. The Balaban J connectivity index is 1.34. The maximum absolute atomic E-state index is 6.05. The molecule has 1 saturated heterocycles. The summed E-state index contributed by atoms with van der Waals surface area (Å²) in [5.41, 5.74) is 2.09. The van der Waals surface area contributed by atoms with Gasteiger partial charge in [0.2, 0.25) is 0 Å². The third-order valence-electron chi connectivity index (χ3n) is 5.80. The summed E-state index contributed by atoms with van der Waals surface area (Å²) in [5, 5.41) is 0.768. The van der Waals surface area contributed by atoms with Gasteiger partial charge in [-0.15, -0.1) is 0 Å². The fourth-order valence-electron chi connectivity index (χ4n) is 4.46. The molecule has 1 aliphatic carbocycles. The van der Waals surface area contributed by atoms with Gasteiger partial charge in [-0.1, -0.05) is 11.6 Å². The fraction of sp³-hybridized carbons (Fsp3) is 0.632. The van der Waals surface area contributed by atoms with E-state index in [0.717, 1.165) is 59.3 Å². The Morgan fingerprint density at radius 1 is 1.04 bits per heavy atom. The van der Waals surface area contributed by atoms with Gasteiger partial charge in [0.25, 0.3) is 0 Å². The van der Waals surface area contributed by atoms with Crippen LogP contribution in [0.25, 0.3) is 11.0 Å². The number of nitrogens with one attached hydrogen (secondary N) is 1. The van der Waals surface area contributed by atoms with E-state index in [2.05, 4.69) is 4.98 Å². The quantitative estimate of drug-likeness (QED) is 0.859.